The summed E-state index contributed by atoms with van der Waals surface area (Å²) >= 11 is 0. The summed E-state index contributed by atoms with van der Waals surface area (Å²) in [5, 5.41) is 11.4. The Morgan fingerprint density at radius 3 is 2.10 bits per heavy atom. The monoisotopic (exact) mass is 691 g/mol. The first-order chi connectivity index (χ1) is 22.3. The van der Waals surface area contributed by atoms with Crippen molar-refractivity contribution in [2.45, 2.75) is 147 Å². The van der Waals surface area contributed by atoms with E-state index in [1.807, 2.05) is 39.8 Å². The molecule has 5 atom stereocenters. The van der Waals surface area contributed by atoms with Crippen LogP contribution in [0.4, 0.5) is 4.79 Å². The molecule has 0 aromatic heterocycles. The van der Waals surface area contributed by atoms with E-state index in [0.717, 1.165) is 38.5 Å². The number of amides is 5. The van der Waals surface area contributed by atoms with Crippen LogP contribution < -0.4 is 21.3 Å². The molecule has 1 aliphatic heterocycles. The SMILES string of the molecule is CCCCC(NC(=O)C1C2C=CC2CN1C(=O)C(NC(=O)NC1(CS(=O)(=O)C(C)(C)C)CCCCC1)C(C)(C)C)C(=O)C(=O)NC1CC1. The van der Waals surface area contributed by atoms with Gasteiger partial charge in [0.1, 0.15) is 12.1 Å². The summed E-state index contributed by atoms with van der Waals surface area (Å²) in [5.41, 5.74) is -1.72. The van der Waals surface area contributed by atoms with Gasteiger partial charge in [0.05, 0.1) is 22.1 Å². The minimum Gasteiger partial charge on any atom is -0.347 e. The smallest absolute Gasteiger partial charge is 0.315 e. The predicted molar refractivity (Wildman–Crippen MR) is 184 cm³/mol. The third-order valence-electron chi connectivity index (χ3n) is 10.3. The van der Waals surface area contributed by atoms with Crippen LogP contribution in [0.2, 0.25) is 0 Å². The molecule has 4 N–H and O–H groups in total. The van der Waals surface area contributed by atoms with Crippen molar-refractivity contribution >= 4 is 39.4 Å². The van der Waals surface area contributed by atoms with Gasteiger partial charge >= 0.3 is 6.03 Å². The highest BCUT2D eigenvalue weighted by molar-refractivity contribution is 7.92. The molecule has 4 aliphatic rings. The van der Waals surface area contributed by atoms with Gasteiger partial charge in [-0.2, -0.15) is 0 Å². The lowest BCUT2D eigenvalue weighted by molar-refractivity contribution is -0.144. The molecule has 13 heteroatoms. The molecule has 0 aromatic rings. The summed E-state index contributed by atoms with van der Waals surface area (Å²) in [6, 6.07) is -3.57. The van der Waals surface area contributed by atoms with Crippen LogP contribution in [0.3, 0.4) is 0 Å². The van der Waals surface area contributed by atoms with E-state index in [9.17, 15) is 32.4 Å². The lowest BCUT2D eigenvalue weighted by Crippen LogP contribution is -2.63. The normalized spacial score (nSPS) is 24.8. The fraction of sp³-hybridized carbons (Fsp3) is 0.800. The highest BCUT2D eigenvalue weighted by Crippen LogP contribution is 2.40. The molecular weight excluding hydrogens is 634 g/mol. The van der Waals surface area contributed by atoms with Crippen molar-refractivity contribution in [3.8, 4) is 0 Å². The van der Waals surface area contributed by atoms with Gasteiger partial charge in [0, 0.05) is 24.4 Å². The second-order valence-corrected chi connectivity index (χ2v) is 19.2. The van der Waals surface area contributed by atoms with Gasteiger partial charge in [-0.25, -0.2) is 13.2 Å². The van der Waals surface area contributed by atoms with Gasteiger partial charge in [-0.15, -0.1) is 0 Å². The maximum Gasteiger partial charge on any atom is 0.315 e. The van der Waals surface area contributed by atoms with Gasteiger partial charge in [0.25, 0.3) is 5.91 Å². The largest absolute Gasteiger partial charge is 0.347 e. The van der Waals surface area contributed by atoms with Gasteiger partial charge in [0.15, 0.2) is 9.84 Å². The molecule has 5 amide bonds. The Balaban J connectivity index is 1.52. The Labute approximate surface area is 286 Å². The standard InChI is InChI=1S/C35H57N5O7S/c1-8-9-13-25(27(41)30(43)36-23-15-16-23)37-29(42)26-24-17-14-22(24)20-40(26)31(44)28(33(2,3)4)38-32(45)39-35(18-11-10-12-19-35)21-48(46,47)34(5,6)7/h14,17,22-26,28H,8-13,15-16,18-21H2,1-7H3,(H,36,43)(H,37,42)(H2,38,39,45). The van der Waals surface area contributed by atoms with E-state index in [1.54, 1.807) is 20.8 Å². The molecule has 0 spiro atoms. The van der Waals surface area contributed by atoms with Crippen LogP contribution in [0.1, 0.15) is 113 Å². The van der Waals surface area contributed by atoms with Crippen molar-refractivity contribution in [2.75, 3.05) is 12.3 Å². The van der Waals surface area contributed by atoms with Crippen LogP contribution in [0.25, 0.3) is 0 Å². The first-order valence-electron chi connectivity index (χ1n) is 17.7. The average Bonchev–Trinajstić information content (AvgIpc) is 3.74. The van der Waals surface area contributed by atoms with Crippen molar-refractivity contribution in [3.63, 3.8) is 0 Å². The Kier molecular flexibility index (Phi) is 11.4. The molecule has 1 saturated heterocycles. The number of urea groups is 1. The maximum absolute atomic E-state index is 14.4. The average molecular weight is 692 g/mol. The molecule has 3 fully saturated rings. The lowest BCUT2D eigenvalue weighted by Gasteiger charge is -2.41. The number of nitrogens with one attached hydrogen (secondary N) is 4. The Morgan fingerprint density at radius 1 is 0.938 bits per heavy atom. The number of fused-ring (bicyclic) bond motifs is 1. The number of carbonyl (C=O) groups excluding carboxylic acids is 5. The number of rotatable bonds is 13. The first kappa shape index (κ1) is 37.9. The number of carbonyl (C=O) groups is 5. The zero-order valence-corrected chi connectivity index (χ0v) is 30.6. The second-order valence-electron chi connectivity index (χ2n) is 16.5. The van der Waals surface area contributed by atoms with Crippen molar-refractivity contribution in [1.82, 2.24) is 26.2 Å². The molecule has 2 saturated carbocycles. The third kappa shape index (κ3) is 8.79. The molecule has 270 valence electrons. The fourth-order valence-electron chi connectivity index (χ4n) is 6.92. The van der Waals surface area contributed by atoms with E-state index in [0.29, 0.717) is 25.7 Å². The summed E-state index contributed by atoms with van der Waals surface area (Å²) in [6.45, 7) is 12.7. The van der Waals surface area contributed by atoms with Crippen molar-refractivity contribution in [2.24, 2.45) is 17.3 Å². The number of unbranched alkanes of at least 4 members (excludes halogenated alkanes) is 1. The van der Waals surface area contributed by atoms with E-state index in [4.69, 9.17) is 0 Å². The molecule has 48 heavy (non-hydrogen) atoms. The Bertz CT molecular complexity index is 1390. The molecule has 12 nitrogen and oxygen atoms in total. The maximum atomic E-state index is 14.4. The number of hydrogen-bond acceptors (Lipinski definition) is 7. The molecule has 0 aromatic carbocycles. The van der Waals surface area contributed by atoms with E-state index in [2.05, 4.69) is 21.3 Å². The zero-order chi connectivity index (χ0) is 35.7. The van der Waals surface area contributed by atoms with Crippen molar-refractivity contribution in [3.05, 3.63) is 12.2 Å². The van der Waals surface area contributed by atoms with Gasteiger partial charge < -0.3 is 26.2 Å². The van der Waals surface area contributed by atoms with E-state index in [-0.39, 0.29) is 30.2 Å². The van der Waals surface area contributed by atoms with Crippen molar-refractivity contribution in [1.29, 1.82) is 0 Å². The van der Waals surface area contributed by atoms with Gasteiger partial charge in [0.2, 0.25) is 17.6 Å². The lowest BCUT2D eigenvalue weighted by atomic mass is 9.80. The number of nitrogens with zero attached hydrogens (tertiary/aromatic N) is 1. The molecule has 4 rings (SSSR count). The quantitative estimate of drug-likeness (QED) is 0.170. The van der Waals surface area contributed by atoms with Gasteiger partial charge in [-0.05, 0) is 58.3 Å². The number of ketones is 1. The molecule has 3 aliphatic carbocycles. The predicted octanol–water partition coefficient (Wildman–Crippen LogP) is 3.15. The number of hydrogen-bond donors (Lipinski definition) is 4. The van der Waals surface area contributed by atoms with E-state index < -0.39 is 73.2 Å². The second kappa shape index (κ2) is 14.5. The highest BCUT2D eigenvalue weighted by Gasteiger charge is 2.52. The van der Waals surface area contributed by atoms with Crippen LogP contribution in [-0.4, -0.2) is 89.6 Å². The minimum atomic E-state index is -3.56. The van der Waals surface area contributed by atoms with Crippen LogP contribution in [0.5, 0.6) is 0 Å². The topological polar surface area (TPSA) is 171 Å². The zero-order valence-electron chi connectivity index (χ0n) is 29.8. The van der Waals surface area contributed by atoms with Gasteiger partial charge in [-0.1, -0.05) is 72.0 Å². The molecule has 0 bridgehead atoms. The minimum absolute atomic E-state index is 0.00251. The third-order valence-corrected chi connectivity index (χ3v) is 13.1. The summed E-state index contributed by atoms with van der Waals surface area (Å²) < 4.78 is 25.6. The molecular formula is C35H57N5O7S. The van der Waals surface area contributed by atoms with Crippen molar-refractivity contribution < 1.29 is 32.4 Å². The molecule has 0 radical (unpaired) electrons. The summed E-state index contributed by atoms with van der Waals surface area (Å²) in [7, 11) is -3.56. The highest BCUT2D eigenvalue weighted by atomic mass is 32.2. The van der Waals surface area contributed by atoms with Crippen LogP contribution in [0, 0.1) is 17.3 Å². The van der Waals surface area contributed by atoms with E-state index in [1.165, 1.54) is 4.90 Å². The fourth-order valence-corrected chi connectivity index (χ4v) is 8.45. The summed E-state index contributed by atoms with van der Waals surface area (Å²) in [6.07, 6.45) is 10.8. The summed E-state index contributed by atoms with van der Waals surface area (Å²) in [4.78, 5) is 69.2. The van der Waals surface area contributed by atoms with Crippen LogP contribution in [-0.2, 0) is 29.0 Å². The summed E-state index contributed by atoms with van der Waals surface area (Å²) in [5.74, 6) is -2.80. The number of likely N-dealkylation sites (tertiary alicyclic amines) is 1. The first-order valence-corrected chi connectivity index (χ1v) is 19.4. The molecule has 5 unspecified atom stereocenters. The van der Waals surface area contributed by atoms with Crippen LogP contribution in [0.15, 0.2) is 12.2 Å². The Morgan fingerprint density at radius 2 is 1.58 bits per heavy atom. The Hall–Kier alpha value is -2.96. The van der Waals surface area contributed by atoms with E-state index >= 15 is 0 Å². The van der Waals surface area contributed by atoms with Gasteiger partial charge in [-0.3, -0.25) is 19.2 Å². The number of Topliss-reactive ketones (excluding diaryl/α,β-unsaturated/α-hetero) is 1. The number of sulfone groups is 1. The molecule has 1 heterocycles. The van der Waals surface area contributed by atoms with Crippen LogP contribution >= 0.6 is 0 Å².